The van der Waals surface area contributed by atoms with Crippen LogP contribution in [-0.4, -0.2) is 38.2 Å². The molecule has 122 valence electrons. The van der Waals surface area contributed by atoms with Gasteiger partial charge in [-0.1, -0.05) is 35.9 Å². The highest BCUT2D eigenvalue weighted by molar-refractivity contribution is 6.30. The molecule has 0 radical (unpaired) electrons. The number of halogens is 1. The molecule has 23 heavy (non-hydrogen) atoms. The van der Waals surface area contributed by atoms with E-state index in [2.05, 4.69) is 47.5 Å². The van der Waals surface area contributed by atoms with E-state index in [4.69, 9.17) is 16.3 Å². The van der Waals surface area contributed by atoms with E-state index in [9.17, 15) is 0 Å². The van der Waals surface area contributed by atoms with Crippen LogP contribution >= 0.6 is 11.6 Å². The summed E-state index contributed by atoms with van der Waals surface area (Å²) in [6, 6.07) is 14.9. The molecule has 3 rings (SSSR count). The first-order valence-electron chi connectivity index (χ1n) is 8.04. The van der Waals surface area contributed by atoms with Gasteiger partial charge in [0.25, 0.3) is 0 Å². The molecule has 3 nitrogen and oxygen atoms in total. The van der Waals surface area contributed by atoms with E-state index in [1.165, 1.54) is 16.7 Å². The van der Waals surface area contributed by atoms with Crippen molar-refractivity contribution in [1.82, 2.24) is 10.2 Å². The van der Waals surface area contributed by atoms with Gasteiger partial charge in [-0.05, 0) is 41.8 Å². The molecule has 0 amide bonds. The SMILES string of the molecule is COc1ccc(C(c2ccc(Cl)cc2)N2CCNCC2)cc1C. The predicted molar refractivity (Wildman–Crippen MR) is 95.5 cm³/mol. The lowest BCUT2D eigenvalue weighted by molar-refractivity contribution is 0.198. The summed E-state index contributed by atoms with van der Waals surface area (Å²) in [7, 11) is 1.72. The minimum Gasteiger partial charge on any atom is -0.496 e. The molecule has 1 unspecified atom stereocenters. The molecule has 1 N–H and O–H groups in total. The number of methoxy groups -OCH3 is 1. The summed E-state index contributed by atoms with van der Waals surface area (Å²) in [6.45, 7) is 6.23. The summed E-state index contributed by atoms with van der Waals surface area (Å²) >= 11 is 6.07. The van der Waals surface area contributed by atoms with Crippen molar-refractivity contribution in [2.45, 2.75) is 13.0 Å². The summed E-state index contributed by atoms with van der Waals surface area (Å²) in [5, 5.41) is 4.21. The van der Waals surface area contributed by atoms with Crippen LogP contribution in [0.25, 0.3) is 0 Å². The average Bonchev–Trinajstić information content (AvgIpc) is 2.58. The van der Waals surface area contributed by atoms with Gasteiger partial charge in [0.1, 0.15) is 5.75 Å². The molecule has 0 aromatic heterocycles. The van der Waals surface area contributed by atoms with Gasteiger partial charge in [0.15, 0.2) is 0 Å². The van der Waals surface area contributed by atoms with Gasteiger partial charge in [-0.15, -0.1) is 0 Å². The fourth-order valence-corrected chi connectivity index (χ4v) is 3.40. The molecule has 0 spiro atoms. The fourth-order valence-electron chi connectivity index (χ4n) is 3.27. The predicted octanol–water partition coefficient (Wildman–Crippen LogP) is 3.65. The topological polar surface area (TPSA) is 24.5 Å². The Hall–Kier alpha value is -1.55. The van der Waals surface area contributed by atoms with Crippen LogP contribution in [0.2, 0.25) is 5.02 Å². The Balaban J connectivity index is 2.00. The Kier molecular flexibility index (Phi) is 5.21. The lowest BCUT2D eigenvalue weighted by Gasteiger charge is -2.35. The third-order valence-electron chi connectivity index (χ3n) is 4.44. The largest absolute Gasteiger partial charge is 0.496 e. The van der Waals surface area contributed by atoms with Gasteiger partial charge in [0, 0.05) is 31.2 Å². The maximum absolute atomic E-state index is 6.07. The van der Waals surface area contributed by atoms with Crippen LogP contribution in [-0.2, 0) is 0 Å². The van der Waals surface area contributed by atoms with E-state index in [0.717, 1.165) is 37.0 Å². The molecule has 4 heteroatoms. The van der Waals surface area contributed by atoms with Crippen molar-refractivity contribution in [1.29, 1.82) is 0 Å². The van der Waals surface area contributed by atoms with Crippen LogP contribution in [0, 0.1) is 6.92 Å². The van der Waals surface area contributed by atoms with Gasteiger partial charge in [0.05, 0.1) is 13.2 Å². The van der Waals surface area contributed by atoms with Gasteiger partial charge < -0.3 is 10.1 Å². The second-order valence-electron chi connectivity index (χ2n) is 5.97. The van der Waals surface area contributed by atoms with Crippen molar-refractivity contribution >= 4 is 11.6 Å². The number of piperazine rings is 1. The van der Waals surface area contributed by atoms with Crippen molar-refractivity contribution in [2.24, 2.45) is 0 Å². The quantitative estimate of drug-likeness (QED) is 0.926. The smallest absolute Gasteiger partial charge is 0.121 e. The van der Waals surface area contributed by atoms with E-state index in [1.807, 2.05) is 12.1 Å². The molecule has 2 aromatic rings. The zero-order chi connectivity index (χ0) is 16.2. The Bertz CT molecular complexity index is 651. The standard InChI is InChI=1S/C19H23ClN2O/c1-14-13-16(5-8-18(14)23-2)19(22-11-9-21-10-12-22)15-3-6-17(20)7-4-15/h3-8,13,19,21H,9-12H2,1-2H3. The highest BCUT2D eigenvalue weighted by Crippen LogP contribution is 2.32. The highest BCUT2D eigenvalue weighted by atomic mass is 35.5. The molecular weight excluding hydrogens is 308 g/mol. The second-order valence-corrected chi connectivity index (χ2v) is 6.41. The van der Waals surface area contributed by atoms with Gasteiger partial charge >= 0.3 is 0 Å². The maximum atomic E-state index is 6.07. The third kappa shape index (κ3) is 3.69. The van der Waals surface area contributed by atoms with E-state index < -0.39 is 0 Å². The van der Waals surface area contributed by atoms with Crippen LogP contribution in [0.5, 0.6) is 5.75 Å². The normalized spacial score (nSPS) is 17.0. The van der Waals surface area contributed by atoms with Gasteiger partial charge in [0.2, 0.25) is 0 Å². The first-order chi connectivity index (χ1) is 11.2. The first kappa shape index (κ1) is 16.3. The molecule has 1 heterocycles. The van der Waals surface area contributed by atoms with Crippen LogP contribution < -0.4 is 10.1 Å². The zero-order valence-corrected chi connectivity index (χ0v) is 14.4. The Labute approximate surface area is 143 Å². The third-order valence-corrected chi connectivity index (χ3v) is 4.69. The number of hydrogen-bond donors (Lipinski definition) is 1. The summed E-state index contributed by atoms with van der Waals surface area (Å²) in [6.07, 6.45) is 0. The number of nitrogens with one attached hydrogen (secondary N) is 1. The Morgan fingerprint density at radius 2 is 1.70 bits per heavy atom. The Morgan fingerprint density at radius 3 is 2.30 bits per heavy atom. The molecule has 1 aliphatic rings. The number of benzene rings is 2. The lowest BCUT2D eigenvalue weighted by Crippen LogP contribution is -2.45. The fraction of sp³-hybridized carbons (Fsp3) is 0.368. The van der Waals surface area contributed by atoms with Crippen molar-refractivity contribution in [3.05, 3.63) is 64.2 Å². The molecule has 2 aromatic carbocycles. The molecule has 0 bridgehead atoms. The van der Waals surface area contributed by atoms with Crippen molar-refractivity contribution in [3.63, 3.8) is 0 Å². The maximum Gasteiger partial charge on any atom is 0.121 e. The molecular formula is C19H23ClN2O. The molecule has 1 saturated heterocycles. The highest BCUT2D eigenvalue weighted by Gasteiger charge is 2.24. The van der Waals surface area contributed by atoms with Crippen LogP contribution in [0.4, 0.5) is 0 Å². The van der Waals surface area contributed by atoms with Crippen molar-refractivity contribution in [2.75, 3.05) is 33.3 Å². The van der Waals surface area contributed by atoms with Gasteiger partial charge in [-0.2, -0.15) is 0 Å². The monoisotopic (exact) mass is 330 g/mol. The lowest BCUT2D eigenvalue weighted by atomic mass is 9.95. The van der Waals surface area contributed by atoms with Crippen molar-refractivity contribution in [3.8, 4) is 5.75 Å². The first-order valence-corrected chi connectivity index (χ1v) is 8.41. The summed E-state index contributed by atoms with van der Waals surface area (Å²) in [5.41, 5.74) is 3.74. The summed E-state index contributed by atoms with van der Waals surface area (Å²) in [4.78, 5) is 2.53. The van der Waals surface area contributed by atoms with E-state index >= 15 is 0 Å². The van der Waals surface area contributed by atoms with Gasteiger partial charge in [-0.25, -0.2) is 0 Å². The second kappa shape index (κ2) is 7.35. The molecule has 1 atom stereocenters. The van der Waals surface area contributed by atoms with Crippen LogP contribution in [0.1, 0.15) is 22.7 Å². The molecule has 0 aliphatic carbocycles. The number of ether oxygens (including phenoxy) is 1. The number of aryl methyl sites for hydroxylation is 1. The Morgan fingerprint density at radius 1 is 1.04 bits per heavy atom. The molecule has 1 fully saturated rings. The minimum atomic E-state index is 0.249. The molecule has 1 aliphatic heterocycles. The minimum absolute atomic E-state index is 0.249. The summed E-state index contributed by atoms with van der Waals surface area (Å²) in [5.74, 6) is 0.934. The van der Waals surface area contributed by atoms with Crippen LogP contribution in [0.15, 0.2) is 42.5 Å². The summed E-state index contributed by atoms with van der Waals surface area (Å²) < 4.78 is 5.41. The van der Waals surface area contributed by atoms with E-state index in [0.29, 0.717) is 0 Å². The number of rotatable bonds is 4. The van der Waals surface area contributed by atoms with E-state index in [-0.39, 0.29) is 6.04 Å². The molecule has 0 saturated carbocycles. The van der Waals surface area contributed by atoms with Crippen molar-refractivity contribution < 1.29 is 4.74 Å². The van der Waals surface area contributed by atoms with Gasteiger partial charge in [-0.3, -0.25) is 4.90 Å². The number of nitrogens with zero attached hydrogens (tertiary/aromatic N) is 1. The van der Waals surface area contributed by atoms with Crippen LogP contribution in [0.3, 0.4) is 0 Å². The zero-order valence-electron chi connectivity index (χ0n) is 13.7. The number of hydrogen-bond acceptors (Lipinski definition) is 3. The average molecular weight is 331 g/mol. The van der Waals surface area contributed by atoms with E-state index in [1.54, 1.807) is 7.11 Å².